The van der Waals surface area contributed by atoms with E-state index in [0.29, 0.717) is 67.2 Å². The molecule has 0 aliphatic carbocycles. The summed E-state index contributed by atoms with van der Waals surface area (Å²) < 4.78 is 11.8. The van der Waals surface area contributed by atoms with Gasteiger partial charge >= 0.3 is 0 Å². The van der Waals surface area contributed by atoms with Crippen LogP contribution in [0, 0.1) is 0 Å². The molecule has 2 N–H and O–H groups in total. The number of carbonyl (C=O) groups is 2. The number of benzene rings is 4. The van der Waals surface area contributed by atoms with E-state index in [1.807, 2.05) is 72.8 Å². The molecule has 10 nitrogen and oxygen atoms in total. The second-order valence-corrected chi connectivity index (χ2v) is 17.7. The van der Waals surface area contributed by atoms with Gasteiger partial charge in [0.25, 0.3) is 11.8 Å². The Morgan fingerprint density at radius 3 is 2.07 bits per heavy atom. The maximum Gasteiger partial charge on any atom is 0.265 e. The topological polar surface area (TPSA) is 106 Å². The standard InChI is InChI=1S/C41H44Cl2N4O6Si/c42-33-19-26(18-27-5-8-34-36(20-27)52-23-38(49)46(34)16-14-44-12-10-29(48)22-44)4-7-31(33)32-3-1-2-30(40(32)43)28-6-9-35-37(21-28)53-24-39(50)47(35)17-15-45-13-11-41(51,54)25-45/h1-9,19-21,29,48,51H,10-18,22-25H2,54H3/t29-,41+/m0/s1. The van der Waals surface area contributed by atoms with Crippen LogP contribution in [0.1, 0.15) is 24.0 Å². The van der Waals surface area contributed by atoms with Crippen LogP contribution in [0.25, 0.3) is 22.3 Å². The molecule has 2 amide bonds. The van der Waals surface area contributed by atoms with E-state index in [4.69, 9.17) is 32.7 Å². The predicted octanol–water partition coefficient (Wildman–Crippen LogP) is 4.20. The lowest BCUT2D eigenvalue weighted by Crippen LogP contribution is -2.44. The number of amides is 2. The summed E-state index contributed by atoms with van der Waals surface area (Å²) in [7, 11) is 0.733. The molecule has 4 aromatic rings. The average molecular weight is 788 g/mol. The Labute approximate surface area is 328 Å². The first-order chi connectivity index (χ1) is 26.0. The first kappa shape index (κ1) is 37.0. The van der Waals surface area contributed by atoms with Gasteiger partial charge in [-0.15, -0.1) is 0 Å². The van der Waals surface area contributed by atoms with Gasteiger partial charge in [0.1, 0.15) is 11.5 Å². The third-order valence-electron chi connectivity index (χ3n) is 11.0. The van der Waals surface area contributed by atoms with Crippen molar-refractivity contribution in [3.8, 4) is 33.8 Å². The van der Waals surface area contributed by atoms with Crippen LogP contribution in [-0.4, -0.2) is 119 Å². The van der Waals surface area contributed by atoms with Crippen molar-refractivity contribution >= 4 is 56.6 Å². The van der Waals surface area contributed by atoms with E-state index in [1.54, 1.807) is 9.80 Å². The summed E-state index contributed by atoms with van der Waals surface area (Å²) in [5.74, 6) is 1.17. The zero-order chi connectivity index (χ0) is 37.6. The van der Waals surface area contributed by atoms with E-state index >= 15 is 0 Å². The van der Waals surface area contributed by atoms with Crippen molar-refractivity contribution in [2.24, 2.45) is 0 Å². The number of fused-ring (bicyclic) bond motifs is 2. The lowest BCUT2D eigenvalue weighted by molar-refractivity contribution is -0.122. The highest BCUT2D eigenvalue weighted by Crippen LogP contribution is 2.43. The Kier molecular flexibility index (Phi) is 10.5. The SMILES string of the molecule is O=C1COc2cc(Cc3ccc(-c4cccc(-c5ccc6c(c5)OCC(=O)N6CCN5CC[C@@](O)([SiH3])C5)c4Cl)c(Cl)c3)ccc2N1CCN1CC[C@H](O)C1. The number of hydrogen-bond acceptors (Lipinski definition) is 8. The number of likely N-dealkylation sites (tertiary alicyclic amines) is 2. The molecule has 2 fully saturated rings. The largest absolute Gasteiger partial charge is 0.482 e. The Morgan fingerprint density at radius 2 is 1.41 bits per heavy atom. The van der Waals surface area contributed by atoms with Crippen molar-refractivity contribution in [2.45, 2.75) is 30.6 Å². The summed E-state index contributed by atoms with van der Waals surface area (Å²) in [6.45, 7) is 5.43. The number of aliphatic hydroxyl groups excluding tert-OH is 1. The van der Waals surface area contributed by atoms with Gasteiger partial charge < -0.3 is 29.5 Å². The van der Waals surface area contributed by atoms with Crippen LogP contribution in [0.4, 0.5) is 11.4 Å². The quantitative estimate of drug-likeness (QED) is 0.231. The molecule has 4 aliphatic rings. The van der Waals surface area contributed by atoms with Gasteiger partial charge in [-0.25, -0.2) is 0 Å². The number of halogens is 2. The zero-order valence-electron chi connectivity index (χ0n) is 30.3. The van der Waals surface area contributed by atoms with Crippen LogP contribution in [0.3, 0.4) is 0 Å². The Balaban J connectivity index is 0.965. The normalized spacial score (nSPS) is 21.7. The van der Waals surface area contributed by atoms with E-state index in [2.05, 4.69) is 9.80 Å². The zero-order valence-corrected chi connectivity index (χ0v) is 33.8. The van der Waals surface area contributed by atoms with E-state index < -0.39 is 5.22 Å². The third-order valence-corrected chi connectivity index (χ3v) is 12.5. The van der Waals surface area contributed by atoms with Gasteiger partial charge in [-0.3, -0.25) is 19.4 Å². The molecule has 4 aromatic carbocycles. The van der Waals surface area contributed by atoms with Crippen LogP contribution < -0.4 is 19.3 Å². The molecule has 2 saturated heterocycles. The molecular formula is C41H44Cl2N4O6Si. The van der Waals surface area contributed by atoms with E-state index in [0.717, 1.165) is 80.9 Å². The molecule has 0 aromatic heterocycles. The first-order valence-electron chi connectivity index (χ1n) is 18.6. The van der Waals surface area contributed by atoms with Crippen molar-refractivity contribution in [1.82, 2.24) is 9.80 Å². The summed E-state index contributed by atoms with van der Waals surface area (Å²) in [5.41, 5.74) is 6.88. The molecule has 0 saturated carbocycles. The van der Waals surface area contributed by atoms with Gasteiger partial charge in [-0.1, -0.05) is 65.7 Å². The van der Waals surface area contributed by atoms with Crippen molar-refractivity contribution in [3.63, 3.8) is 0 Å². The molecule has 8 rings (SSSR count). The van der Waals surface area contributed by atoms with Gasteiger partial charge in [-0.2, -0.15) is 0 Å². The van der Waals surface area contributed by atoms with Crippen molar-refractivity contribution in [3.05, 3.63) is 94.0 Å². The molecule has 4 heterocycles. The van der Waals surface area contributed by atoms with Crippen molar-refractivity contribution in [2.75, 3.05) is 75.4 Å². The van der Waals surface area contributed by atoms with Crippen LogP contribution in [-0.2, 0) is 16.0 Å². The molecule has 2 atom stereocenters. The van der Waals surface area contributed by atoms with Gasteiger partial charge in [-0.05, 0) is 66.3 Å². The second kappa shape index (κ2) is 15.3. The van der Waals surface area contributed by atoms with Gasteiger partial charge in [0.05, 0.1) is 27.7 Å². The maximum absolute atomic E-state index is 12.9. The Morgan fingerprint density at radius 1 is 0.759 bits per heavy atom. The van der Waals surface area contributed by atoms with Gasteiger partial charge in [0.15, 0.2) is 13.2 Å². The van der Waals surface area contributed by atoms with E-state index in [-0.39, 0.29) is 31.1 Å². The number of carbonyl (C=O) groups excluding carboxylic acids is 2. The number of hydrogen-bond donors (Lipinski definition) is 2. The fraction of sp³-hybridized carbons (Fsp3) is 0.366. The summed E-state index contributed by atoms with van der Waals surface area (Å²) in [6.07, 6.45) is 1.89. The number of aliphatic hydroxyl groups is 2. The van der Waals surface area contributed by atoms with E-state index in [9.17, 15) is 19.8 Å². The van der Waals surface area contributed by atoms with Crippen LogP contribution >= 0.6 is 23.2 Å². The fourth-order valence-corrected chi connectivity index (χ4v) is 9.35. The molecule has 13 heteroatoms. The minimum absolute atomic E-state index is 0.00157. The summed E-state index contributed by atoms with van der Waals surface area (Å²) in [4.78, 5) is 33.6. The third kappa shape index (κ3) is 7.77. The molecule has 0 spiro atoms. The second-order valence-electron chi connectivity index (χ2n) is 15.1. The van der Waals surface area contributed by atoms with Crippen LogP contribution in [0.5, 0.6) is 11.5 Å². The highest BCUT2D eigenvalue weighted by molar-refractivity contribution is 6.38. The predicted molar refractivity (Wildman–Crippen MR) is 215 cm³/mol. The number of anilines is 2. The van der Waals surface area contributed by atoms with Crippen molar-refractivity contribution in [1.29, 1.82) is 0 Å². The van der Waals surface area contributed by atoms with Gasteiger partial charge in [0.2, 0.25) is 0 Å². The molecule has 0 bridgehead atoms. The van der Waals surface area contributed by atoms with Crippen LogP contribution in [0.15, 0.2) is 72.8 Å². The minimum atomic E-state index is -0.547. The van der Waals surface area contributed by atoms with Crippen LogP contribution in [0.2, 0.25) is 10.0 Å². The number of β-amino-alcohol motifs (C(OH)–C–C–N with tert-alkyl or cyclic N) is 2. The minimum Gasteiger partial charge on any atom is -0.482 e. The number of ether oxygens (including phenoxy) is 2. The fourth-order valence-electron chi connectivity index (χ4n) is 8.03. The summed E-state index contributed by atoms with van der Waals surface area (Å²) >= 11 is 14.1. The number of rotatable bonds is 10. The molecular weight excluding hydrogens is 743 g/mol. The summed E-state index contributed by atoms with van der Waals surface area (Å²) in [5, 5.41) is 20.9. The first-order valence-corrected chi connectivity index (χ1v) is 20.3. The highest BCUT2D eigenvalue weighted by atomic mass is 35.5. The molecule has 54 heavy (non-hydrogen) atoms. The molecule has 0 radical (unpaired) electrons. The lowest BCUT2D eigenvalue weighted by Gasteiger charge is -2.31. The Hall–Kier alpha value is -3.94. The van der Waals surface area contributed by atoms with Gasteiger partial charge in [0, 0.05) is 84.3 Å². The Bertz CT molecular complexity index is 2100. The molecule has 0 unspecified atom stereocenters. The average Bonchev–Trinajstić information content (AvgIpc) is 3.74. The van der Waals surface area contributed by atoms with Crippen molar-refractivity contribution < 1.29 is 29.3 Å². The highest BCUT2D eigenvalue weighted by Gasteiger charge is 2.33. The molecule has 4 aliphatic heterocycles. The summed E-state index contributed by atoms with van der Waals surface area (Å²) in [6, 6.07) is 23.7. The number of nitrogens with zero attached hydrogens (tertiary/aromatic N) is 4. The van der Waals surface area contributed by atoms with E-state index in [1.165, 1.54) is 0 Å². The molecule has 282 valence electrons. The smallest absolute Gasteiger partial charge is 0.265 e. The lowest BCUT2D eigenvalue weighted by atomic mass is 9.96. The maximum atomic E-state index is 12.9. The monoisotopic (exact) mass is 786 g/mol.